The van der Waals surface area contributed by atoms with Crippen LogP contribution in [0.2, 0.25) is 0 Å². The molecule has 0 aliphatic heterocycles. The maximum Gasteiger partial charge on any atom is 0.1000 e. The van der Waals surface area contributed by atoms with Gasteiger partial charge in [0.15, 0.2) is 0 Å². The molecule has 0 saturated carbocycles. The molecule has 0 spiro atoms. The van der Waals surface area contributed by atoms with E-state index in [0.29, 0.717) is 12.3 Å². The second-order valence-electron chi connectivity index (χ2n) is 5.32. The number of benzene rings is 1. The van der Waals surface area contributed by atoms with E-state index in [9.17, 15) is 5.11 Å². The van der Waals surface area contributed by atoms with Crippen molar-refractivity contribution in [1.82, 2.24) is 4.98 Å². The lowest BCUT2D eigenvalue weighted by molar-refractivity contribution is 0.173. The average molecular weight is 255 g/mol. The summed E-state index contributed by atoms with van der Waals surface area (Å²) in [6.45, 7) is 6.30. The minimum Gasteiger partial charge on any atom is -0.386 e. The number of rotatable bonds is 4. The lowest BCUT2D eigenvalue weighted by Gasteiger charge is -2.12. The van der Waals surface area contributed by atoms with Crippen LogP contribution in [0, 0.1) is 6.92 Å². The lowest BCUT2D eigenvalue weighted by atomic mass is 9.99. The first-order valence-corrected chi connectivity index (χ1v) is 6.76. The minimum absolute atomic E-state index is 0.537. The van der Waals surface area contributed by atoms with Crippen LogP contribution in [0.25, 0.3) is 0 Å². The van der Waals surface area contributed by atoms with Crippen LogP contribution in [0.4, 0.5) is 0 Å². The largest absolute Gasteiger partial charge is 0.386 e. The van der Waals surface area contributed by atoms with E-state index in [0.717, 1.165) is 17.0 Å². The van der Waals surface area contributed by atoms with Gasteiger partial charge in [0.2, 0.25) is 0 Å². The first-order valence-electron chi connectivity index (χ1n) is 6.76. The SMILES string of the molecule is Cc1cccc(C(O)Cc2ccc(C(C)C)cc2)n1. The number of aliphatic hydroxyl groups is 1. The summed E-state index contributed by atoms with van der Waals surface area (Å²) in [6.07, 6.45) is 0.0688. The fourth-order valence-electron chi connectivity index (χ4n) is 2.12. The van der Waals surface area contributed by atoms with Crippen LogP contribution in [0.5, 0.6) is 0 Å². The monoisotopic (exact) mass is 255 g/mol. The van der Waals surface area contributed by atoms with Gasteiger partial charge in [-0.2, -0.15) is 0 Å². The van der Waals surface area contributed by atoms with Crippen LogP contribution >= 0.6 is 0 Å². The van der Waals surface area contributed by atoms with Gasteiger partial charge in [0, 0.05) is 12.1 Å². The third-order valence-corrected chi connectivity index (χ3v) is 3.33. The smallest absolute Gasteiger partial charge is 0.1000 e. The first-order chi connectivity index (χ1) is 9.06. The Labute approximate surface area is 115 Å². The molecule has 0 saturated heterocycles. The molecule has 0 aliphatic carbocycles. The van der Waals surface area contributed by atoms with Crippen molar-refractivity contribution in [2.24, 2.45) is 0 Å². The highest BCUT2D eigenvalue weighted by Gasteiger charge is 2.10. The number of aryl methyl sites for hydroxylation is 1. The zero-order valence-electron chi connectivity index (χ0n) is 11.8. The molecule has 0 amide bonds. The topological polar surface area (TPSA) is 33.1 Å². The van der Waals surface area contributed by atoms with Crippen molar-refractivity contribution < 1.29 is 5.11 Å². The molecule has 1 aromatic carbocycles. The van der Waals surface area contributed by atoms with E-state index in [1.165, 1.54) is 5.56 Å². The van der Waals surface area contributed by atoms with Gasteiger partial charge in [0.1, 0.15) is 0 Å². The van der Waals surface area contributed by atoms with Crippen LogP contribution in [0.3, 0.4) is 0 Å². The quantitative estimate of drug-likeness (QED) is 0.901. The van der Waals surface area contributed by atoms with E-state index in [1.54, 1.807) is 0 Å². The fourth-order valence-corrected chi connectivity index (χ4v) is 2.12. The van der Waals surface area contributed by atoms with Gasteiger partial charge in [0.25, 0.3) is 0 Å². The Balaban J connectivity index is 2.08. The highest BCUT2D eigenvalue weighted by molar-refractivity contribution is 5.26. The molecular formula is C17H21NO. The van der Waals surface area contributed by atoms with Gasteiger partial charge in [-0.05, 0) is 36.1 Å². The molecule has 2 nitrogen and oxygen atoms in total. The van der Waals surface area contributed by atoms with Crippen molar-refractivity contribution in [2.75, 3.05) is 0 Å². The van der Waals surface area contributed by atoms with E-state index in [4.69, 9.17) is 0 Å². The Morgan fingerprint density at radius 2 is 1.74 bits per heavy atom. The van der Waals surface area contributed by atoms with Gasteiger partial charge in [0.05, 0.1) is 11.8 Å². The molecule has 100 valence electrons. The normalized spacial score (nSPS) is 12.7. The summed E-state index contributed by atoms with van der Waals surface area (Å²) in [5, 5.41) is 10.2. The third-order valence-electron chi connectivity index (χ3n) is 3.33. The molecule has 1 N–H and O–H groups in total. The highest BCUT2D eigenvalue weighted by Crippen LogP contribution is 2.19. The van der Waals surface area contributed by atoms with Gasteiger partial charge in [-0.15, -0.1) is 0 Å². The van der Waals surface area contributed by atoms with E-state index in [1.807, 2.05) is 25.1 Å². The first kappa shape index (κ1) is 13.8. The van der Waals surface area contributed by atoms with Gasteiger partial charge < -0.3 is 5.11 Å². The second kappa shape index (κ2) is 5.98. The van der Waals surface area contributed by atoms with E-state index < -0.39 is 6.10 Å². The third kappa shape index (κ3) is 3.65. The van der Waals surface area contributed by atoms with Crippen LogP contribution in [0.15, 0.2) is 42.5 Å². The Hall–Kier alpha value is -1.67. The molecule has 0 radical (unpaired) electrons. The number of aromatic nitrogens is 1. The molecule has 0 bridgehead atoms. The Kier molecular flexibility index (Phi) is 4.33. The average Bonchev–Trinajstić information content (AvgIpc) is 2.39. The van der Waals surface area contributed by atoms with Crippen LogP contribution in [-0.2, 0) is 6.42 Å². The number of nitrogens with zero attached hydrogens (tertiary/aromatic N) is 1. The van der Waals surface area contributed by atoms with E-state index in [2.05, 4.69) is 43.1 Å². The number of aliphatic hydroxyl groups excluding tert-OH is 1. The zero-order valence-corrected chi connectivity index (χ0v) is 11.8. The minimum atomic E-state index is -0.537. The van der Waals surface area contributed by atoms with Gasteiger partial charge in [-0.3, -0.25) is 4.98 Å². The lowest BCUT2D eigenvalue weighted by Crippen LogP contribution is -2.05. The maximum absolute atomic E-state index is 10.2. The fraction of sp³-hybridized carbons (Fsp3) is 0.353. The molecular weight excluding hydrogens is 234 g/mol. The van der Waals surface area contributed by atoms with E-state index >= 15 is 0 Å². The summed E-state index contributed by atoms with van der Waals surface area (Å²) in [4.78, 5) is 4.37. The van der Waals surface area contributed by atoms with Gasteiger partial charge >= 0.3 is 0 Å². The summed E-state index contributed by atoms with van der Waals surface area (Å²) in [5.41, 5.74) is 4.15. The zero-order chi connectivity index (χ0) is 13.8. The summed E-state index contributed by atoms with van der Waals surface area (Å²) < 4.78 is 0. The molecule has 2 heteroatoms. The standard InChI is InChI=1S/C17H21NO/c1-12(2)15-9-7-14(8-10-15)11-17(19)16-6-4-5-13(3)18-16/h4-10,12,17,19H,11H2,1-3H3. The summed E-state index contributed by atoms with van der Waals surface area (Å²) in [6, 6.07) is 14.2. The maximum atomic E-state index is 10.2. The highest BCUT2D eigenvalue weighted by atomic mass is 16.3. The summed E-state index contributed by atoms with van der Waals surface area (Å²) in [5.74, 6) is 0.539. The van der Waals surface area contributed by atoms with Crippen molar-refractivity contribution in [3.63, 3.8) is 0 Å². The van der Waals surface area contributed by atoms with Gasteiger partial charge in [-0.25, -0.2) is 0 Å². The van der Waals surface area contributed by atoms with Crippen molar-refractivity contribution in [3.8, 4) is 0 Å². The van der Waals surface area contributed by atoms with E-state index in [-0.39, 0.29) is 0 Å². The molecule has 1 unspecified atom stereocenters. The van der Waals surface area contributed by atoms with Crippen LogP contribution in [-0.4, -0.2) is 10.1 Å². The van der Waals surface area contributed by atoms with Crippen molar-refractivity contribution in [3.05, 3.63) is 65.0 Å². The molecule has 1 aromatic heterocycles. The molecule has 1 atom stereocenters. The molecule has 0 fully saturated rings. The molecule has 0 aliphatic rings. The Bertz CT molecular complexity index is 531. The number of hydrogen-bond donors (Lipinski definition) is 1. The Morgan fingerprint density at radius 3 is 2.32 bits per heavy atom. The Morgan fingerprint density at radius 1 is 1.05 bits per heavy atom. The predicted molar refractivity (Wildman–Crippen MR) is 78.2 cm³/mol. The molecule has 2 aromatic rings. The molecule has 19 heavy (non-hydrogen) atoms. The van der Waals surface area contributed by atoms with Crippen LogP contribution in [0.1, 0.15) is 48.4 Å². The van der Waals surface area contributed by atoms with Crippen molar-refractivity contribution in [2.45, 2.75) is 39.2 Å². The summed E-state index contributed by atoms with van der Waals surface area (Å²) in [7, 11) is 0. The summed E-state index contributed by atoms with van der Waals surface area (Å²) >= 11 is 0. The van der Waals surface area contributed by atoms with Crippen LogP contribution < -0.4 is 0 Å². The number of pyridine rings is 1. The number of hydrogen-bond acceptors (Lipinski definition) is 2. The van der Waals surface area contributed by atoms with Gasteiger partial charge in [-0.1, -0.05) is 44.2 Å². The van der Waals surface area contributed by atoms with Crippen molar-refractivity contribution >= 4 is 0 Å². The molecule has 2 rings (SSSR count). The van der Waals surface area contributed by atoms with Crippen molar-refractivity contribution in [1.29, 1.82) is 0 Å². The molecule has 1 heterocycles. The predicted octanol–water partition coefficient (Wildman–Crippen LogP) is 3.79. The second-order valence-corrected chi connectivity index (χ2v) is 5.32.